The Bertz CT molecular complexity index is 2030. The van der Waals surface area contributed by atoms with E-state index in [1.807, 2.05) is 0 Å². The van der Waals surface area contributed by atoms with Gasteiger partial charge in [-0.15, -0.1) is 53.6 Å². The van der Waals surface area contributed by atoms with Gasteiger partial charge >= 0.3 is 0 Å². The molecule has 4 aromatic heterocycles. The number of fused-ring (bicyclic) bond motifs is 3. The van der Waals surface area contributed by atoms with Gasteiger partial charge in [-0.2, -0.15) is 0 Å². The van der Waals surface area contributed by atoms with Crippen molar-refractivity contribution in [3.63, 3.8) is 0 Å². The van der Waals surface area contributed by atoms with Crippen LogP contribution in [0, 0.1) is 32.7 Å². The summed E-state index contributed by atoms with van der Waals surface area (Å²) in [6.07, 6.45) is 0.878. The molecule has 1 radical (unpaired) electrons. The molecular weight excluding hydrogens is 611 g/mol. The van der Waals surface area contributed by atoms with E-state index in [0.717, 1.165) is 0 Å². The van der Waals surface area contributed by atoms with Crippen molar-refractivity contribution in [3.8, 4) is 22.5 Å². The van der Waals surface area contributed by atoms with E-state index in [1.54, 1.807) is 30.3 Å². The Morgan fingerprint density at radius 1 is 0.857 bits per heavy atom. The number of hydrogen-bond donors (Lipinski definition) is 0. The van der Waals surface area contributed by atoms with E-state index in [1.165, 1.54) is 30.5 Å². The molecule has 0 amide bonds. The van der Waals surface area contributed by atoms with Crippen molar-refractivity contribution in [3.05, 3.63) is 114 Å². The third-order valence-corrected chi connectivity index (χ3v) is 4.85. The largest absolute Gasteiger partial charge is 0.486 e. The number of aromatic nitrogens is 3. The van der Waals surface area contributed by atoms with E-state index in [-0.39, 0.29) is 65.5 Å². The first-order valence-electron chi connectivity index (χ1n) is 16.5. The van der Waals surface area contributed by atoms with Crippen molar-refractivity contribution in [1.82, 2.24) is 15.0 Å². The molecule has 0 spiro atoms. The molecule has 0 bridgehead atoms. The second kappa shape index (κ2) is 10.7. The van der Waals surface area contributed by atoms with Crippen molar-refractivity contribution < 1.29 is 42.3 Å². The smallest absolute Gasteiger partial charge is 0.216 e. The Kier molecular flexibility index (Phi) is 3.95. The van der Waals surface area contributed by atoms with Gasteiger partial charge in [0.15, 0.2) is 0 Å². The molecule has 6 rings (SSSR count). The Morgan fingerprint density at radius 2 is 1.77 bits per heavy atom. The zero-order valence-electron chi connectivity index (χ0n) is 30.9. The second-order valence-corrected chi connectivity index (χ2v) is 7.12. The summed E-state index contributed by atoms with van der Waals surface area (Å²) in [6, 6.07) is 18.5. The average Bonchev–Trinajstić information content (AvgIpc) is 3.39. The van der Waals surface area contributed by atoms with Crippen LogP contribution in [0.3, 0.4) is 0 Å². The number of nitrogens with zero attached hydrogens (tertiary/aromatic N) is 3. The standard InChI is InChI=1S/C17H11N2O.C13H12N.Ir/c1-11-8-9-13-12-5-4-6-14(15-7-2-3-10-18-15)16(12)20-17(13)19-11;1-10-3-6-12(7-4-10)13-8-5-11(2)9-14-13;/h2-5,7-10H,1H3;3-6,8-9H,1-2H3;/q2*-1;/i1D3,2D,3D,7D,10D;1D3,2D3;. The molecule has 0 fully saturated rings. The van der Waals surface area contributed by atoms with E-state index < -0.39 is 38.8 Å². The van der Waals surface area contributed by atoms with E-state index >= 15 is 0 Å². The number of benzene rings is 2. The van der Waals surface area contributed by atoms with Crippen LogP contribution < -0.4 is 0 Å². The minimum Gasteiger partial charge on any atom is -0.486 e. The molecule has 175 valence electrons. The summed E-state index contributed by atoms with van der Waals surface area (Å²) in [5.41, 5.74) is 2.11. The molecule has 0 saturated heterocycles. The van der Waals surface area contributed by atoms with Gasteiger partial charge in [-0.3, -0.25) is 0 Å². The van der Waals surface area contributed by atoms with Crippen molar-refractivity contribution in [2.45, 2.75) is 20.6 Å². The van der Waals surface area contributed by atoms with Gasteiger partial charge < -0.3 is 14.4 Å². The molecular formula is C30H23IrN3O-2. The molecule has 2 aromatic carbocycles. The number of pyridine rings is 3. The maximum atomic E-state index is 8.09. The van der Waals surface area contributed by atoms with Crippen LogP contribution in [0.15, 0.2) is 89.5 Å². The molecule has 6 aromatic rings. The molecule has 0 aliphatic carbocycles. The van der Waals surface area contributed by atoms with Gasteiger partial charge in [-0.25, -0.2) is 4.98 Å². The third kappa shape index (κ3) is 5.37. The summed E-state index contributed by atoms with van der Waals surface area (Å²) in [5.74, 6) is 0. The Hall–Kier alpha value is -3.66. The molecule has 0 aliphatic rings. The Balaban J connectivity index is 0.000000222. The molecule has 0 N–H and O–H groups in total. The van der Waals surface area contributed by atoms with E-state index in [9.17, 15) is 0 Å². The number of hydrogen-bond acceptors (Lipinski definition) is 4. The zero-order chi connectivity index (χ0) is 34.5. The normalized spacial score (nSPS) is 17.0. The van der Waals surface area contributed by atoms with Gasteiger partial charge in [-0.1, -0.05) is 42.0 Å². The number of rotatable bonds is 2. The van der Waals surface area contributed by atoms with E-state index in [0.29, 0.717) is 22.0 Å². The van der Waals surface area contributed by atoms with Crippen LogP contribution in [0.5, 0.6) is 0 Å². The average molecular weight is 647 g/mol. The molecule has 0 aliphatic heterocycles. The molecule has 5 heteroatoms. The first-order chi connectivity index (χ1) is 21.9. The maximum absolute atomic E-state index is 8.09. The van der Waals surface area contributed by atoms with Crippen LogP contribution in [0.25, 0.3) is 44.6 Å². The predicted molar refractivity (Wildman–Crippen MR) is 136 cm³/mol. The molecule has 0 unspecified atom stereocenters. The summed E-state index contributed by atoms with van der Waals surface area (Å²) in [5, 5.41) is 1.21. The van der Waals surface area contributed by atoms with Gasteiger partial charge in [0.1, 0.15) is 0 Å². The summed E-state index contributed by atoms with van der Waals surface area (Å²) in [6.45, 7) is -6.71. The monoisotopic (exact) mass is 647 g/mol. The predicted octanol–water partition coefficient (Wildman–Crippen LogP) is 7.31. The molecule has 4 heterocycles. The molecule has 0 atom stereocenters. The van der Waals surface area contributed by atoms with Crippen molar-refractivity contribution >= 4 is 22.1 Å². The van der Waals surface area contributed by atoms with Gasteiger partial charge in [0.2, 0.25) is 5.71 Å². The van der Waals surface area contributed by atoms with Crippen LogP contribution >= 0.6 is 0 Å². The third-order valence-electron chi connectivity index (χ3n) is 4.85. The van der Waals surface area contributed by atoms with Crippen LogP contribution in [-0.4, -0.2) is 15.0 Å². The number of furan rings is 1. The maximum Gasteiger partial charge on any atom is 0.216 e. The summed E-state index contributed by atoms with van der Waals surface area (Å²) < 4.78 is 103. The van der Waals surface area contributed by atoms with Gasteiger partial charge in [0.05, 0.1) is 11.1 Å². The zero-order valence-corrected chi connectivity index (χ0v) is 20.3. The quantitative estimate of drug-likeness (QED) is 0.185. The van der Waals surface area contributed by atoms with Crippen LogP contribution in [0.2, 0.25) is 0 Å². The van der Waals surface area contributed by atoms with E-state index in [2.05, 4.69) is 27.1 Å². The topological polar surface area (TPSA) is 51.8 Å². The van der Waals surface area contributed by atoms with E-state index in [4.69, 9.17) is 22.2 Å². The van der Waals surface area contributed by atoms with Crippen molar-refractivity contribution in [2.24, 2.45) is 0 Å². The van der Waals surface area contributed by atoms with Gasteiger partial charge in [-0.05, 0) is 48.8 Å². The number of aryl methyl sites for hydroxylation is 3. The van der Waals surface area contributed by atoms with Crippen molar-refractivity contribution in [2.75, 3.05) is 0 Å². The summed E-state index contributed by atoms with van der Waals surface area (Å²) in [7, 11) is 0. The summed E-state index contributed by atoms with van der Waals surface area (Å²) >= 11 is 0. The first kappa shape index (κ1) is 12.9. The van der Waals surface area contributed by atoms with Crippen LogP contribution in [0.4, 0.5) is 0 Å². The fraction of sp³-hybridized carbons (Fsp3) is 0.100. The van der Waals surface area contributed by atoms with Crippen molar-refractivity contribution in [1.29, 1.82) is 0 Å². The Morgan fingerprint density at radius 3 is 2.54 bits per heavy atom. The fourth-order valence-electron chi connectivity index (χ4n) is 3.28. The molecule has 35 heavy (non-hydrogen) atoms. The minimum atomic E-state index is -2.37. The van der Waals surface area contributed by atoms with Gasteiger partial charge in [0.25, 0.3) is 0 Å². The minimum absolute atomic E-state index is 0. The SMILES string of the molecule is [2H]C([2H])([2H])c1c[c-]c(-c2ccc(C([2H])([2H])[2H])cn2)cc1.[2H]c1nc(-c2[c-]ccc3c2oc2nc(C([2H])([2H])[2H])ccc23)c([2H])c([2H])c1[2H].[Ir]. The molecule has 4 nitrogen and oxygen atoms in total. The first-order valence-corrected chi connectivity index (χ1v) is 10.0. The van der Waals surface area contributed by atoms with Gasteiger partial charge in [0, 0.05) is 55.9 Å². The molecule has 0 saturated carbocycles. The van der Waals surface area contributed by atoms with Crippen LogP contribution in [-0.2, 0) is 20.1 Å². The fourth-order valence-corrected chi connectivity index (χ4v) is 3.28. The Labute approximate surface area is 236 Å². The van der Waals surface area contributed by atoms with Crippen LogP contribution in [0.1, 0.15) is 34.6 Å². The summed E-state index contributed by atoms with van der Waals surface area (Å²) in [4.78, 5) is 12.1. The second-order valence-electron chi connectivity index (χ2n) is 7.12.